The summed E-state index contributed by atoms with van der Waals surface area (Å²) in [6.45, 7) is 8.21. The summed E-state index contributed by atoms with van der Waals surface area (Å²) in [5.74, 6) is 0.618. The predicted molar refractivity (Wildman–Crippen MR) is 92.3 cm³/mol. The van der Waals surface area contributed by atoms with Gasteiger partial charge in [-0.1, -0.05) is 0 Å². The molecule has 0 spiro atoms. The van der Waals surface area contributed by atoms with E-state index in [0.717, 1.165) is 43.2 Å². The highest BCUT2D eigenvalue weighted by atomic mass is 16.5. The normalized spacial score (nSPS) is 21.3. The smallest absolute Gasteiger partial charge is 0.344 e. The zero-order chi connectivity index (χ0) is 17.3. The van der Waals surface area contributed by atoms with Crippen molar-refractivity contribution in [2.75, 3.05) is 38.2 Å². The zero-order valence-electron chi connectivity index (χ0n) is 14.6. The maximum Gasteiger partial charge on any atom is 0.344 e. The Hall–Kier alpha value is -1.95. The third kappa shape index (κ3) is 3.29. The van der Waals surface area contributed by atoms with Crippen LogP contribution < -0.4 is 14.4 Å². The Labute approximate surface area is 143 Å². The second-order valence-corrected chi connectivity index (χ2v) is 6.73. The van der Waals surface area contributed by atoms with Crippen LogP contribution in [0.25, 0.3) is 0 Å². The van der Waals surface area contributed by atoms with Crippen LogP contribution in [0.15, 0.2) is 12.1 Å². The van der Waals surface area contributed by atoms with Crippen LogP contribution in [0.3, 0.4) is 0 Å². The quantitative estimate of drug-likeness (QED) is 0.909. The molecule has 1 N–H and O–H groups in total. The standard InChI is InChI=1S/C18H26N2O4/c1-12(2)19-6-8-20(9-7-19)15-11-14(23-3)10-13-4-5-16(18(21)22)24-17(13)15/h10-12,16H,4-9H2,1-3H3,(H,21,22)/t16-/m0/s1. The molecular formula is C18H26N2O4. The third-order valence-electron chi connectivity index (χ3n) is 4.95. The number of aliphatic carboxylic acids is 1. The fourth-order valence-electron chi connectivity index (χ4n) is 3.46. The topological polar surface area (TPSA) is 62.2 Å². The molecule has 1 fully saturated rings. The molecule has 0 unspecified atom stereocenters. The lowest BCUT2D eigenvalue weighted by Crippen LogP contribution is -2.49. The zero-order valence-corrected chi connectivity index (χ0v) is 14.6. The second-order valence-electron chi connectivity index (χ2n) is 6.73. The van der Waals surface area contributed by atoms with Crippen molar-refractivity contribution in [1.82, 2.24) is 4.90 Å². The van der Waals surface area contributed by atoms with Crippen molar-refractivity contribution in [3.8, 4) is 11.5 Å². The number of carboxylic acids is 1. The van der Waals surface area contributed by atoms with Gasteiger partial charge in [-0.2, -0.15) is 0 Å². The van der Waals surface area contributed by atoms with E-state index in [-0.39, 0.29) is 0 Å². The van der Waals surface area contributed by atoms with E-state index in [4.69, 9.17) is 9.47 Å². The molecule has 1 saturated heterocycles. The highest BCUT2D eigenvalue weighted by molar-refractivity contribution is 5.75. The molecule has 0 bridgehead atoms. The fourth-order valence-corrected chi connectivity index (χ4v) is 3.46. The van der Waals surface area contributed by atoms with E-state index in [0.29, 0.717) is 24.6 Å². The van der Waals surface area contributed by atoms with E-state index < -0.39 is 12.1 Å². The van der Waals surface area contributed by atoms with Crippen molar-refractivity contribution < 1.29 is 19.4 Å². The highest BCUT2D eigenvalue weighted by Crippen LogP contribution is 2.41. The predicted octanol–water partition coefficient (Wildman–Crippen LogP) is 2.00. The number of nitrogens with zero attached hydrogens (tertiary/aromatic N) is 2. The van der Waals surface area contributed by atoms with Gasteiger partial charge in [-0.15, -0.1) is 0 Å². The lowest BCUT2D eigenvalue weighted by molar-refractivity contribution is -0.145. The monoisotopic (exact) mass is 334 g/mol. The molecule has 1 aromatic rings. The number of carboxylic acid groups (broad SMARTS) is 1. The van der Waals surface area contributed by atoms with Crippen LogP contribution in [0.4, 0.5) is 5.69 Å². The Bertz CT molecular complexity index is 609. The van der Waals surface area contributed by atoms with Crippen LogP contribution in [0, 0.1) is 0 Å². The van der Waals surface area contributed by atoms with Gasteiger partial charge in [0.1, 0.15) is 11.5 Å². The molecular weight excluding hydrogens is 308 g/mol. The molecule has 1 aromatic carbocycles. The largest absolute Gasteiger partial charge is 0.497 e. The second kappa shape index (κ2) is 6.89. The van der Waals surface area contributed by atoms with Crippen LogP contribution in [-0.4, -0.2) is 61.4 Å². The van der Waals surface area contributed by atoms with Crippen molar-refractivity contribution in [2.24, 2.45) is 0 Å². The van der Waals surface area contributed by atoms with E-state index in [1.165, 1.54) is 0 Å². The van der Waals surface area contributed by atoms with Crippen LogP contribution in [-0.2, 0) is 11.2 Å². The number of carbonyl (C=O) groups is 1. The molecule has 3 rings (SSSR count). The molecule has 1 atom stereocenters. The first kappa shape index (κ1) is 16.9. The molecule has 0 amide bonds. The summed E-state index contributed by atoms with van der Waals surface area (Å²) < 4.78 is 11.3. The summed E-state index contributed by atoms with van der Waals surface area (Å²) in [4.78, 5) is 16.1. The number of hydrogen-bond donors (Lipinski definition) is 1. The van der Waals surface area contributed by atoms with Gasteiger partial charge >= 0.3 is 5.97 Å². The van der Waals surface area contributed by atoms with Crippen LogP contribution >= 0.6 is 0 Å². The number of ether oxygens (including phenoxy) is 2. The first-order chi connectivity index (χ1) is 11.5. The Balaban J connectivity index is 1.88. The average molecular weight is 334 g/mol. The number of piperazine rings is 1. The minimum Gasteiger partial charge on any atom is -0.497 e. The van der Waals surface area contributed by atoms with Crippen LogP contribution in [0.5, 0.6) is 11.5 Å². The summed E-state index contributed by atoms with van der Waals surface area (Å²) in [6, 6.07) is 4.47. The number of fused-ring (bicyclic) bond motifs is 1. The van der Waals surface area contributed by atoms with E-state index in [2.05, 4.69) is 23.6 Å². The molecule has 2 aliphatic rings. The molecule has 6 heteroatoms. The summed E-state index contributed by atoms with van der Waals surface area (Å²) in [5, 5.41) is 9.29. The maximum atomic E-state index is 11.3. The van der Waals surface area contributed by atoms with E-state index in [1.54, 1.807) is 7.11 Å². The lowest BCUT2D eigenvalue weighted by atomic mass is 10.00. The number of methoxy groups -OCH3 is 1. The number of benzene rings is 1. The van der Waals surface area contributed by atoms with Gasteiger partial charge in [0.15, 0.2) is 6.10 Å². The van der Waals surface area contributed by atoms with E-state index in [1.807, 2.05) is 12.1 Å². The Morgan fingerprint density at radius 2 is 2.00 bits per heavy atom. The molecule has 0 saturated carbocycles. The maximum absolute atomic E-state index is 11.3. The van der Waals surface area contributed by atoms with Gasteiger partial charge in [0, 0.05) is 43.9 Å². The molecule has 6 nitrogen and oxygen atoms in total. The Morgan fingerprint density at radius 3 is 2.58 bits per heavy atom. The van der Waals surface area contributed by atoms with Gasteiger partial charge in [-0.05, 0) is 32.8 Å². The van der Waals surface area contributed by atoms with Gasteiger partial charge in [0.05, 0.1) is 12.8 Å². The first-order valence-electron chi connectivity index (χ1n) is 8.59. The molecule has 0 aliphatic carbocycles. The number of aryl methyl sites for hydroxylation is 1. The SMILES string of the molecule is COc1cc2c(c(N3CCN(C(C)C)CC3)c1)O[C@H](C(=O)O)CC2. The van der Waals surface area contributed by atoms with Gasteiger partial charge in [0.25, 0.3) is 0 Å². The third-order valence-corrected chi connectivity index (χ3v) is 4.95. The van der Waals surface area contributed by atoms with Crippen molar-refractivity contribution in [2.45, 2.75) is 38.8 Å². The molecule has 24 heavy (non-hydrogen) atoms. The molecule has 0 radical (unpaired) electrons. The van der Waals surface area contributed by atoms with Gasteiger partial charge in [0.2, 0.25) is 0 Å². The number of rotatable bonds is 4. The lowest BCUT2D eigenvalue weighted by Gasteiger charge is -2.39. The number of hydrogen-bond acceptors (Lipinski definition) is 5. The summed E-state index contributed by atoms with van der Waals surface area (Å²) in [6.07, 6.45) is 0.431. The number of anilines is 1. The van der Waals surface area contributed by atoms with E-state index in [9.17, 15) is 9.90 Å². The molecule has 2 heterocycles. The van der Waals surface area contributed by atoms with Crippen molar-refractivity contribution in [1.29, 1.82) is 0 Å². The van der Waals surface area contributed by atoms with Crippen molar-refractivity contribution in [3.63, 3.8) is 0 Å². The summed E-state index contributed by atoms with van der Waals surface area (Å²) in [7, 11) is 1.66. The van der Waals surface area contributed by atoms with Gasteiger partial charge < -0.3 is 19.5 Å². The van der Waals surface area contributed by atoms with Gasteiger partial charge in [-0.25, -0.2) is 4.79 Å². The fraction of sp³-hybridized carbons (Fsp3) is 0.611. The molecule has 0 aromatic heterocycles. The van der Waals surface area contributed by atoms with Crippen molar-refractivity contribution in [3.05, 3.63) is 17.7 Å². The molecule has 2 aliphatic heterocycles. The highest BCUT2D eigenvalue weighted by Gasteiger charge is 2.30. The summed E-state index contributed by atoms with van der Waals surface area (Å²) >= 11 is 0. The average Bonchev–Trinajstić information content (AvgIpc) is 2.60. The van der Waals surface area contributed by atoms with Gasteiger partial charge in [-0.3, -0.25) is 4.90 Å². The Morgan fingerprint density at radius 1 is 1.29 bits per heavy atom. The molecule has 132 valence electrons. The van der Waals surface area contributed by atoms with E-state index >= 15 is 0 Å². The first-order valence-corrected chi connectivity index (χ1v) is 8.59. The Kier molecular flexibility index (Phi) is 4.85. The van der Waals surface area contributed by atoms with Crippen LogP contribution in [0.2, 0.25) is 0 Å². The summed E-state index contributed by atoms with van der Waals surface area (Å²) in [5.41, 5.74) is 1.99. The van der Waals surface area contributed by atoms with Crippen molar-refractivity contribution >= 4 is 11.7 Å². The minimum atomic E-state index is -0.896. The minimum absolute atomic E-state index is 0.496. The van der Waals surface area contributed by atoms with Crippen LogP contribution in [0.1, 0.15) is 25.8 Å².